The zero-order chi connectivity index (χ0) is 25.9. The third-order valence-corrected chi connectivity index (χ3v) is 6.11. The molecule has 0 saturated carbocycles. The number of rotatable bonds is 4. The van der Waals surface area contributed by atoms with Crippen LogP contribution in [0.3, 0.4) is 0 Å². The molecule has 0 radical (unpaired) electrons. The van der Waals surface area contributed by atoms with E-state index in [9.17, 15) is 18.0 Å². The maximum Gasteiger partial charge on any atom is 0.490 e. The SMILES string of the molecule is Cc1cc(C)c2[nH]c(C(=O)N3CCC(Cn4cc(CN)nn4)CC3)c(C)c2c1.O=C(O)C(F)(F)F. The average molecular weight is 495 g/mol. The van der Waals surface area contributed by atoms with Crippen molar-refractivity contribution in [3.05, 3.63) is 46.4 Å². The van der Waals surface area contributed by atoms with Crippen molar-refractivity contribution in [3.8, 4) is 0 Å². The number of carboxylic acids is 1. The monoisotopic (exact) mass is 494 g/mol. The van der Waals surface area contributed by atoms with E-state index in [0.717, 1.165) is 60.3 Å². The smallest absolute Gasteiger partial charge is 0.475 e. The molecule has 9 nitrogen and oxygen atoms in total. The minimum absolute atomic E-state index is 0.107. The van der Waals surface area contributed by atoms with Gasteiger partial charge in [-0.25, -0.2) is 4.79 Å². The van der Waals surface area contributed by atoms with Gasteiger partial charge in [0.05, 0.1) is 5.69 Å². The van der Waals surface area contributed by atoms with Crippen molar-refractivity contribution in [2.24, 2.45) is 11.7 Å². The Bertz CT molecular complexity index is 1210. The van der Waals surface area contributed by atoms with Crippen LogP contribution in [-0.4, -0.2) is 61.1 Å². The number of hydrogen-bond acceptors (Lipinski definition) is 5. The summed E-state index contributed by atoms with van der Waals surface area (Å²) in [5.74, 6) is -2.15. The van der Waals surface area contributed by atoms with Gasteiger partial charge in [-0.2, -0.15) is 13.2 Å². The third kappa shape index (κ3) is 6.18. The second kappa shape index (κ2) is 10.5. The number of aliphatic carboxylic acids is 1. The van der Waals surface area contributed by atoms with Crippen molar-refractivity contribution < 1.29 is 27.9 Å². The molecule has 0 aliphatic carbocycles. The van der Waals surface area contributed by atoms with E-state index < -0.39 is 12.1 Å². The molecule has 0 atom stereocenters. The van der Waals surface area contributed by atoms with Crippen LogP contribution in [-0.2, 0) is 17.9 Å². The molecule has 1 aliphatic rings. The van der Waals surface area contributed by atoms with Gasteiger partial charge < -0.3 is 20.7 Å². The second-order valence-electron chi connectivity index (χ2n) is 8.80. The normalized spacial score (nSPS) is 14.7. The van der Waals surface area contributed by atoms with E-state index in [-0.39, 0.29) is 5.91 Å². The number of hydrogen-bond donors (Lipinski definition) is 3. The number of carbonyl (C=O) groups excluding carboxylic acids is 1. The molecule has 1 aliphatic heterocycles. The summed E-state index contributed by atoms with van der Waals surface area (Å²) in [6.07, 6.45) is -1.22. The summed E-state index contributed by atoms with van der Waals surface area (Å²) in [5.41, 5.74) is 11.7. The van der Waals surface area contributed by atoms with Crippen molar-refractivity contribution in [1.29, 1.82) is 0 Å². The number of nitrogens with zero attached hydrogens (tertiary/aromatic N) is 4. The zero-order valence-electron chi connectivity index (χ0n) is 19.8. The van der Waals surface area contributed by atoms with E-state index >= 15 is 0 Å². The Hall–Kier alpha value is -3.41. The lowest BCUT2D eigenvalue weighted by atomic mass is 9.96. The van der Waals surface area contributed by atoms with Gasteiger partial charge in [0.15, 0.2) is 0 Å². The summed E-state index contributed by atoms with van der Waals surface area (Å²) in [6.45, 7) is 9.01. The quantitative estimate of drug-likeness (QED) is 0.510. The largest absolute Gasteiger partial charge is 0.490 e. The van der Waals surface area contributed by atoms with Gasteiger partial charge in [0.25, 0.3) is 5.91 Å². The van der Waals surface area contributed by atoms with Crippen LogP contribution in [0.25, 0.3) is 10.9 Å². The van der Waals surface area contributed by atoms with Gasteiger partial charge in [-0.15, -0.1) is 5.10 Å². The second-order valence-corrected chi connectivity index (χ2v) is 8.80. The first-order valence-electron chi connectivity index (χ1n) is 11.2. The number of carboxylic acid groups (broad SMARTS) is 1. The lowest BCUT2D eigenvalue weighted by molar-refractivity contribution is -0.192. The van der Waals surface area contributed by atoms with Crippen LogP contribution in [0, 0.1) is 26.7 Å². The molecule has 12 heteroatoms. The molecule has 0 bridgehead atoms. The van der Waals surface area contributed by atoms with E-state index in [4.69, 9.17) is 15.6 Å². The summed E-state index contributed by atoms with van der Waals surface area (Å²) in [4.78, 5) is 27.4. The van der Waals surface area contributed by atoms with E-state index in [1.54, 1.807) is 0 Å². The van der Waals surface area contributed by atoms with Gasteiger partial charge in [-0.05, 0) is 56.7 Å². The predicted molar refractivity (Wildman–Crippen MR) is 123 cm³/mol. The van der Waals surface area contributed by atoms with Crippen molar-refractivity contribution in [2.45, 2.75) is 52.9 Å². The zero-order valence-corrected chi connectivity index (χ0v) is 19.8. The predicted octanol–water partition coefficient (Wildman–Crippen LogP) is 3.33. The Labute approximate surface area is 200 Å². The number of aromatic amines is 1. The number of halogens is 3. The summed E-state index contributed by atoms with van der Waals surface area (Å²) in [7, 11) is 0. The highest BCUT2D eigenvalue weighted by atomic mass is 19.4. The maximum atomic E-state index is 13.1. The molecular formula is C23H29F3N6O3. The molecule has 3 aromatic rings. The Balaban J connectivity index is 0.000000429. The number of aromatic nitrogens is 4. The molecule has 35 heavy (non-hydrogen) atoms. The topological polar surface area (TPSA) is 130 Å². The van der Waals surface area contributed by atoms with E-state index in [1.165, 1.54) is 11.1 Å². The Morgan fingerprint density at radius 2 is 1.83 bits per heavy atom. The number of aryl methyl sites for hydroxylation is 3. The van der Waals surface area contributed by atoms with Crippen LogP contribution in [0.4, 0.5) is 13.2 Å². The molecule has 3 heterocycles. The highest BCUT2D eigenvalue weighted by Gasteiger charge is 2.38. The number of amides is 1. The number of nitrogens with two attached hydrogens (primary N) is 1. The molecule has 0 spiro atoms. The van der Waals surface area contributed by atoms with Crippen LogP contribution in [0.1, 0.15) is 45.7 Å². The van der Waals surface area contributed by atoms with Crippen LogP contribution in [0.15, 0.2) is 18.3 Å². The van der Waals surface area contributed by atoms with Crippen LogP contribution in [0.2, 0.25) is 0 Å². The van der Waals surface area contributed by atoms with Crippen molar-refractivity contribution >= 4 is 22.8 Å². The van der Waals surface area contributed by atoms with Crippen LogP contribution < -0.4 is 5.73 Å². The Morgan fingerprint density at radius 1 is 1.20 bits per heavy atom. The average Bonchev–Trinajstić information content (AvgIpc) is 3.38. The number of H-pyrrole nitrogens is 1. The summed E-state index contributed by atoms with van der Waals surface area (Å²) < 4.78 is 33.6. The summed E-state index contributed by atoms with van der Waals surface area (Å²) >= 11 is 0. The highest BCUT2D eigenvalue weighted by molar-refractivity contribution is 6.01. The molecule has 2 aromatic heterocycles. The number of benzene rings is 1. The molecule has 0 unspecified atom stereocenters. The Morgan fingerprint density at radius 3 is 2.37 bits per heavy atom. The van der Waals surface area contributed by atoms with E-state index in [1.807, 2.05) is 22.7 Å². The highest BCUT2D eigenvalue weighted by Crippen LogP contribution is 2.28. The summed E-state index contributed by atoms with van der Waals surface area (Å²) in [6, 6.07) is 4.31. The fourth-order valence-corrected chi connectivity index (χ4v) is 4.26. The van der Waals surface area contributed by atoms with Crippen LogP contribution >= 0.6 is 0 Å². The van der Waals surface area contributed by atoms with Crippen molar-refractivity contribution in [3.63, 3.8) is 0 Å². The number of likely N-dealkylation sites (tertiary alicyclic amines) is 1. The number of piperidine rings is 1. The molecule has 1 aromatic carbocycles. The lowest BCUT2D eigenvalue weighted by Gasteiger charge is -2.31. The van der Waals surface area contributed by atoms with Gasteiger partial charge in [0.2, 0.25) is 0 Å². The molecule has 4 N–H and O–H groups in total. The third-order valence-electron chi connectivity index (χ3n) is 6.11. The number of alkyl halides is 3. The maximum absolute atomic E-state index is 13.1. The van der Waals surface area contributed by atoms with Crippen molar-refractivity contribution in [1.82, 2.24) is 24.9 Å². The molecule has 190 valence electrons. The number of fused-ring (bicyclic) bond motifs is 1. The van der Waals surface area contributed by atoms with E-state index in [0.29, 0.717) is 12.5 Å². The number of carbonyl (C=O) groups is 2. The van der Waals surface area contributed by atoms with Gasteiger partial charge in [-0.3, -0.25) is 9.48 Å². The summed E-state index contributed by atoms with van der Waals surface area (Å²) in [5, 5.41) is 16.5. The minimum Gasteiger partial charge on any atom is -0.475 e. The van der Waals surface area contributed by atoms with Gasteiger partial charge in [0, 0.05) is 43.3 Å². The fourth-order valence-electron chi connectivity index (χ4n) is 4.26. The van der Waals surface area contributed by atoms with E-state index in [2.05, 4.69) is 41.3 Å². The molecule has 1 amide bonds. The molecule has 4 rings (SSSR count). The van der Waals surface area contributed by atoms with Gasteiger partial charge >= 0.3 is 12.1 Å². The first kappa shape index (κ1) is 26.2. The molecular weight excluding hydrogens is 465 g/mol. The first-order chi connectivity index (χ1) is 16.4. The van der Waals surface area contributed by atoms with Gasteiger partial charge in [-0.1, -0.05) is 16.8 Å². The first-order valence-corrected chi connectivity index (χ1v) is 11.2. The molecule has 1 saturated heterocycles. The standard InChI is InChI=1S/C21H28N6O.C2HF3O2/c1-13-8-14(2)19-18(9-13)15(3)20(23-19)21(28)26-6-4-16(5-7-26)11-27-12-17(10-22)24-25-27;3-2(4,5)1(6)7/h8-9,12,16,23H,4-7,10-11,22H2,1-3H3;(H,6,7). The number of nitrogens with one attached hydrogen (secondary N) is 1. The van der Waals surface area contributed by atoms with Crippen molar-refractivity contribution in [2.75, 3.05) is 13.1 Å². The minimum atomic E-state index is -5.08. The Kier molecular flexibility index (Phi) is 7.83. The fraction of sp³-hybridized carbons (Fsp3) is 0.478. The van der Waals surface area contributed by atoms with Gasteiger partial charge in [0.1, 0.15) is 5.69 Å². The molecule has 1 fully saturated rings. The van der Waals surface area contributed by atoms with Crippen LogP contribution in [0.5, 0.6) is 0 Å². The lowest BCUT2D eigenvalue weighted by Crippen LogP contribution is -2.39.